The molecule has 0 unspecified atom stereocenters. The largest absolute Gasteiger partial charge is 0.493 e. The van der Waals surface area contributed by atoms with E-state index in [1.165, 1.54) is 4.90 Å². The minimum Gasteiger partial charge on any atom is -0.493 e. The van der Waals surface area contributed by atoms with Gasteiger partial charge >= 0.3 is 0 Å². The first-order valence-electron chi connectivity index (χ1n) is 9.36. The molecule has 1 heterocycles. The van der Waals surface area contributed by atoms with Crippen molar-refractivity contribution in [3.8, 4) is 11.5 Å². The average molecular weight is 466 g/mol. The summed E-state index contributed by atoms with van der Waals surface area (Å²) in [4.78, 5) is 26.7. The Hall–Kier alpha value is -2.15. The summed E-state index contributed by atoms with van der Waals surface area (Å²) in [5, 5.41) is 0.466. The van der Waals surface area contributed by atoms with Crippen molar-refractivity contribution in [2.45, 2.75) is 32.9 Å². The van der Waals surface area contributed by atoms with E-state index in [2.05, 4.69) is 0 Å². The van der Waals surface area contributed by atoms with Gasteiger partial charge in [-0.05, 0) is 66.6 Å². The highest BCUT2D eigenvalue weighted by Gasteiger charge is 2.35. The number of benzene rings is 2. The van der Waals surface area contributed by atoms with Crippen LogP contribution in [0.3, 0.4) is 0 Å². The number of amides is 2. The number of halogens is 2. The summed E-state index contributed by atoms with van der Waals surface area (Å²) in [5.74, 6) is 0.853. The molecule has 0 aliphatic carbocycles. The Balaban J connectivity index is 1.80. The first kappa shape index (κ1) is 22.5. The molecule has 1 fully saturated rings. The average Bonchev–Trinajstić information content (AvgIpc) is 2.98. The molecule has 1 saturated heterocycles. The number of carbonyl (C=O) groups is 2. The number of thioether (sulfide) groups is 1. The summed E-state index contributed by atoms with van der Waals surface area (Å²) in [7, 11) is 1.56. The minimum absolute atomic E-state index is 0.0580. The summed E-state index contributed by atoms with van der Waals surface area (Å²) < 4.78 is 11.3. The van der Waals surface area contributed by atoms with Crippen molar-refractivity contribution in [2.24, 2.45) is 0 Å². The second-order valence-corrected chi connectivity index (χ2v) is 8.57. The molecule has 8 heteroatoms. The Morgan fingerprint density at radius 2 is 1.87 bits per heavy atom. The van der Waals surface area contributed by atoms with Crippen LogP contribution in [0.1, 0.15) is 31.4 Å². The standard InChI is InChI=1S/C22H21Cl2NO4S/c1-4-13(2)29-18-8-6-14(10-19(18)28-3)11-20-21(26)25(22(27)30-20)12-15-5-7-16(23)17(24)9-15/h5-11,13H,4,12H2,1-3H3/b20-11-/t13-/m1/s1. The smallest absolute Gasteiger partial charge is 0.293 e. The molecule has 0 bridgehead atoms. The van der Waals surface area contributed by atoms with Crippen molar-refractivity contribution < 1.29 is 19.1 Å². The van der Waals surface area contributed by atoms with Crippen LogP contribution in [-0.2, 0) is 11.3 Å². The highest BCUT2D eigenvalue weighted by Crippen LogP contribution is 2.36. The summed E-state index contributed by atoms with van der Waals surface area (Å²) in [6, 6.07) is 10.4. The topological polar surface area (TPSA) is 55.8 Å². The molecule has 2 aromatic rings. The van der Waals surface area contributed by atoms with Gasteiger partial charge in [0.05, 0.1) is 34.7 Å². The summed E-state index contributed by atoms with van der Waals surface area (Å²) in [6.45, 7) is 4.15. The van der Waals surface area contributed by atoms with Gasteiger partial charge in [0.25, 0.3) is 11.1 Å². The van der Waals surface area contributed by atoms with Gasteiger partial charge in [0.2, 0.25) is 0 Å². The van der Waals surface area contributed by atoms with Crippen molar-refractivity contribution >= 4 is 52.2 Å². The van der Waals surface area contributed by atoms with Gasteiger partial charge < -0.3 is 9.47 Å². The predicted octanol–water partition coefficient (Wildman–Crippen LogP) is 6.42. The lowest BCUT2D eigenvalue weighted by atomic mass is 10.1. The Morgan fingerprint density at radius 3 is 2.53 bits per heavy atom. The van der Waals surface area contributed by atoms with E-state index in [0.29, 0.717) is 26.4 Å². The second kappa shape index (κ2) is 9.77. The van der Waals surface area contributed by atoms with Gasteiger partial charge in [-0.15, -0.1) is 0 Å². The van der Waals surface area contributed by atoms with E-state index in [4.69, 9.17) is 32.7 Å². The lowest BCUT2D eigenvalue weighted by molar-refractivity contribution is -0.123. The number of rotatable bonds is 7. The van der Waals surface area contributed by atoms with Gasteiger partial charge in [-0.3, -0.25) is 14.5 Å². The third kappa shape index (κ3) is 5.12. The molecule has 2 amide bonds. The van der Waals surface area contributed by atoms with Gasteiger partial charge in [0.15, 0.2) is 11.5 Å². The van der Waals surface area contributed by atoms with Gasteiger partial charge in [-0.1, -0.05) is 42.3 Å². The summed E-state index contributed by atoms with van der Waals surface area (Å²) in [6.07, 6.45) is 2.61. The van der Waals surface area contributed by atoms with Crippen molar-refractivity contribution in [1.82, 2.24) is 4.90 Å². The molecule has 0 saturated carbocycles. The maximum Gasteiger partial charge on any atom is 0.293 e. The zero-order valence-corrected chi connectivity index (χ0v) is 19.1. The number of hydrogen-bond acceptors (Lipinski definition) is 5. The molecule has 2 aromatic carbocycles. The van der Waals surface area contributed by atoms with Gasteiger partial charge in [0, 0.05) is 0 Å². The lowest BCUT2D eigenvalue weighted by Gasteiger charge is -2.15. The van der Waals surface area contributed by atoms with Crippen LogP contribution in [0.2, 0.25) is 10.0 Å². The van der Waals surface area contributed by atoms with Crippen LogP contribution in [0.4, 0.5) is 4.79 Å². The normalized spacial score (nSPS) is 16.3. The van der Waals surface area contributed by atoms with Gasteiger partial charge in [0.1, 0.15) is 0 Å². The fourth-order valence-electron chi connectivity index (χ4n) is 2.78. The third-order valence-corrected chi connectivity index (χ3v) is 6.23. The molecule has 30 heavy (non-hydrogen) atoms. The van der Waals surface area contributed by atoms with Crippen LogP contribution < -0.4 is 9.47 Å². The Labute approximate surface area is 189 Å². The molecule has 3 rings (SSSR count). The first-order valence-corrected chi connectivity index (χ1v) is 10.9. The van der Waals surface area contributed by atoms with E-state index in [1.54, 1.807) is 43.5 Å². The predicted molar refractivity (Wildman–Crippen MR) is 121 cm³/mol. The van der Waals surface area contributed by atoms with Crippen molar-refractivity contribution in [3.05, 3.63) is 62.5 Å². The zero-order valence-electron chi connectivity index (χ0n) is 16.8. The SMILES string of the molecule is CC[C@@H](C)Oc1ccc(/C=C2\SC(=O)N(Cc3ccc(Cl)c(Cl)c3)C2=O)cc1OC. The number of imide groups is 1. The van der Waals surface area contributed by atoms with E-state index in [1.807, 2.05) is 19.9 Å². The van der Waals surface area contributed by atoms with Crippen molar-refractivity contribution in [2.75, 3.05) is 7.11 Å². The van der Waals surface area contributed by atoms with E-state index in [0.717, 1.165) is 29.3 Å². The summed E-state index contributed by atoms with van der Waals surface area (Å²) >= 11 is 12.9. The van der Waals surface area contributed by atoms with Crippen molar-refractivity contribution in [1.29, 1.82) is 0 Å². The molecular weight excluding hydrogens is 445 g/mol. The molecule has 5 nitrogen and oxygen atoms in total. The fraction of sp³-hybridized carbons (Fsp3) is 0.273. The number of methoxy groups -OCH3 is 1. The van der Waals surface area contributed by atoms with E-state index in [9.17, 15) is 9.59 Å². The Morgan fingerprint density at radius 1 is 1.10 bits per heavy atom. The first-order chi connectivity index (χ1) is 14.3. The molecule has 1 aliphatic heterocycles. The Kier molecular flexibility index (Phi) is 7.34. The number of carbonyl (C=O) groups excluding carboxylic acids is 2. The Bertz CT molecular complexity index is 1010. The maximum atomic E-state index is 12.8. The van der Waals surface area contributed by atoms with Crippen LogP contribution in [0.5, 0.6) is 11.5 Å². The lowest BCUT2D eigenvalue weighted by Crippen LogP contribution is -2.27. The van der Waals surface area contributed by atoms with Crippen LogP contribution in [0.15, 0.2) is 41.3 Å². The molecule has 0 spiro atoms. The number of ether oxygens (including phenoxy) is 2. The zero-order chi connectivity index (χ0) is 21.8. The molecule has 1 aliphatic rings. The summed E-state index contributed by atoms with van der Waals surface area (Å²) in [5.41, 5.74) is 1.46. The molecule has 0 radical (unpaired) electrons. The second-order valence-electron chi connectivity index (χ2n) is 6.76. The quantitative estimate of drug-likeness (QED) is 0.441. The van der Waals surface area contributed by atoms with Gasteiger partial charge in [-0.2, -0.15) is 0 Å². The van der Waals surface area contributed by atoms with E-state index >= 15 is 0 Å². The van der Waals surface area contributed by atoms with Crippen molar-refractivity contribution in [3.63, 3.8) is 0 Å². The fourth-order valence-corrected chi connectivity index (χ4v) is 3.94. The monoisotopic (exact) mass is 465 g/mol. The molecule has 0 aromatic heterocycles. The number of hydrogen-bond donors (Lipinski definition) is 0. The highest BCUT2D eigenvalue weighted by molar-refractivity contribution is 8.18. The van der Waals surface area contributed by atoms with Crippen LogP contribution in [0, 0.1) is 0 Å². The van der Waals surface area contributed by atoms with Crippen LogP contribution in [-0.4, -0.2) is 29.3 Å². The molecule has 158 valence electrons. The number of nitrogens with zero attached hydrogens (tertiary/aromatic N) is 1. The van der Waals surface area contributed by atoms with E-state index < -0.39 is 0 Å². The highest BCUT2D eigenvalue weighted by atomic mass is 35.5. The maximum absolute atomic E-state index is 12.8. The van der Waals surface area contributed by atoms with Crippen LogP contribution in [0.25, 0.3) is 6.08 Å². The molecular formula is C22H21Cl2NO4S. The molecule has 1 atom stereocenters. The minimum atomic E-state index is -0.352. The third-order valence-electron chi connectivity index (χ3n) is 4.59. The van der Waals surface area contributed by atoms with E-state index in [-0.39, 0.29) is 23.8 Å². The van der Waals surface area contributed by atoms with Gasteiger partial charge in [-0.25, -0.2) is 0 Å². The molecule has 0 N–H and O–H groups in total. The van der Waals surface area contributed by atoms with Crippen LogP contribution >= 0.6 is 35.0 Å².